The number of alkyl carbamates (subject to hydrolysis) is 1. The van der Waals surface area contributed by atoms with E-state index in [0.29, 0.717) is 18.6 Å². The molecule has 11 nitrogen and oxygen atoms in total. The Morgan fingerprint density at radius 3 is 2.18 bits per heavy atom. The van der Waals surface area contributed by atoms with Crippen molar-refractivity contribution in [1.82, 2.24) is 20.9 Å². The number of halogens is 4. The number of amides is 4. The minimum absolute atomic E-state index is 0.0554. The molecule has 1 unspecified atom stereocenters. The summed E-state index contributed by atoms with van der Waals surface area (Å²) in [7, 11) is 0. The second kappa shape index (κ2) is 18.9. The van der Waals surface area contributed by atoms with Crippen LogP contribution in [0.2, 0.25) is 0 Å². The van der Waals surface area contributed by atoms with E-state index in [9.17, 15) is 41.5 Å². The summed E-state index contributed by atoms with van der Waals surface area (Å²) in [4.78, 5) is 66.1. The molecule has 1 aromatic carbocycles. The summed E-state index contributed by atoms with van der Waals surface area (Å²) in [5, 5.41) is 16.4. The van der Waals surface area contributed by atoms with E-state index < -0.39 is 96.5 Å². The first-order chi connectivity index (χ1) is 23.6. The number of nitrogens with zero attached hydrogens (tertiary/aromatic N) is 1. The van der Waals surface area contributed by atoms with Gasteiger partial charge in [0.2, 0.25) is 24.1 Å². The first-order valence-electron chi connectivity index (χ1n) is 17.4. The lowest BCUT2D eigenvalue weighted by atomic mass is 9.79. The third-order valence-electron chi connectivity index (χ3n) is 9.64. The molecular formula is C35H50F4N4O7. The van der Waals surface area contributed by atoms with Gasteiger partial charge in [-0.3, -0.25) is 14.4 Å². The van der Waals surface area contributed by atoms with Gasteiger partial charge in [0.15, 0.2) is 0 Å². The van der Waals surface area contributed by atoms with E-state index >= 15 is 0 Å². The fraction of sp³-hybridized carbons (Fsp3) is 0.686. The number of aromatic carboxylic acids is 1. The van der Waals surface area contributed by atoms with Crippen LogP contribution in [0.3, 0.4) is 0 Å². The van der Waals surface area contributed by atoms with E-state index in [1.54, 1.807) is 6.92 Å². The SMILES string of the molecule is CCC(C)[C@H](NC(=O)OCC(C)C)C(=O)N1C[C@H](C2CCCCC2)C[C@H]1C(=O)N[C@@H](CC(F)F)C(=O)NCCc1c(F)cc(C(=O)O)cc1F. The normalized spacial score (nSPS) is 19.9. The standard InChI is InChI=1S/C35H50F4N4O7/c1-5-20(4)30(42-35(49)50-18-19(2)3)33(46)43-17-23(21-9-7-6-8-10-21)15-28(43)32(45)41-27(16-29(38)39)31(44)40-12-11-24-25(36)13-22(34(47)48)14-26(24)37/h13-14,19-21,23,27-30H,5-12,15-18H2,1-4H3,(H,40,44)(H,41,45)(H,42,49)(H,47,48)/t20?,23-,27+,28+,30+/m1/s1. The first kappa shape index (κ1) is 40.5. The van der Waals surface area contributed by atoms with E-state index in [1.165, 1.54) is 4.90 Å². The van der Waals surface area contributed by atoms with Crippen LogP contribution in [0.5, 0.6) is 0 Å². The topological polar surface area (TPSA) is 154 Å². The van der Waals surface area contributed by atoms with Gasteiger partial charge < -0.3 is 30.7 Å². The van der Waals surface area contributed by atoms with E-state index in [0.717, 1.165) is 32.1 Å². The van der Waals surface area contributed by atoms with Crippen molar-refractivity contribution >= 4 is 29.8 Å². The van der Waals surface area contributed by atoms with Crippen LogP contribution in [0.15, 0.2) is 12.1 Å². The van der Waals surface area contributed by atoms with Gasteiger partial charge in [-0.25, -0.2) is 27.2 Å². The zero-order chi connectivity index (χ0) is 37.1. The third-order valence-corrected chi connectivity index (χ3v) is 9.64. The lowest BCUT2D eigenvalue weighted by Crippen LogP contribution is -2.57. The zero-order valence-corrected chi connectivity index (χ0v) is 29.1. The number of benzene rings is 1. The lowest BCUT2D eigenvalue weighted by molar-refractivity contribution is -0.142. The monoisotopic (exact) mass is 714 g/mol. The van der Waals surface area contributed by atoms with Crippen molar-refractivity contribution in [2.45, 2.75) is 110 Å². The Labute approximate surface area is 290 Å². The number of rotatable bonds is 16. The number of ether oxygens (including phenoxy) is 1. The van der Waals surface area contributed by atoms with Crippen LogP contribution >= 0.6 is 0 Å². The van der Waals surface area contributed by atoms with Crippen molar-refractivity contribution in [3.63, 3.8) is 0 Å². The predicted molar refractivity (Wildman–Crippen MR) is 175 cm³/mol. The van der Waals surface area contributed by atoms with Gasteiger partial charge in [-0.1, -0.05) is 66.2 Å². The molecule has 280 valence electrons. The summed E-state index contributed by atoms with van der Waals surface area (Å²) in [6.45, 7) is 7.34. The largest absolute Gasteiger partial charge is 0.478 e. The second-order valence-corrected chi connectivity index (χ2v) is 13.9. The molecule has 4 N–H and O–H groups in total. The Balaban J connectivity index is 1.79. The third kappa shape index (κ3) is 11.3. The number of carboxylic acid groups (broad SMARTS) is 1. The van der Waals surface area contributed by atoms with Gasteiger partial charge in [0.1, 0.15) is 29.8 Å². The van der Waals surface area contributed by atoms with Crippen LogP contribution in [0.4, 0.5) is 22.4 Å². The Morgan fingerprint density at radius 1 is 0.980 bits per heavy atom. The highest BCUT2D eigenvalue weighted by Gasteiger charge is 2.46. The van der Waals surface area contributed by atoms with Gasteiger partial charge in [-0.05, 0) is 48.6 Å². The average molecular weight is 715 g/mol. The molecule has 5 atom stereocenters. The van der Waals surface area contributed by atoms with Crippen molar-refractivity contribution in [3.05, 3.63) is 34.9 Å². The minimum atomic E-state index is -3.00. The molecule has 1 aliphatic heterocycles. The van der Waals surface area contributed by atoms with Crippen LogP contribution in [0, 0.1) is 35.3 Å². The summed E-state index contributed by atoms with van der Waals surface area (Å²) >= 11 is 0. The molecule has 15 heteroatoms. The molecule has 2 aliphatic rings. The molecule has 1 aromatic rings. The molecule has 1 heterocycles. The van der Waals surface area contributed by atoms with Crippen LogP contribution in [0.25, 0.3) is 0 Å². The van der Waals surface area contributed by atoms with E-state index in [2.05, 4.69) is 16.0 Å². The van der Waals surface area contributed by atoms with Crippen LogP contribution in [-0.2, 0) is 25.5 Å². The highest BCUT2D eigenvalue weighted by molar-refractivity contribution is 5.94. The maximum Gasteiger partial charge on any atom is 0.407 e. The van der Waals surface area contributed by atoms with Gasteiger partial charge >= 0.3 is 12.1 Å². The zero-order valence-electron chi connectivity index (χ0n) is 29.1. The van der Waals surface area contributed by atoms with Gasteiger partial charge in [0.25, 0.3) is 0 Å². The van der Waals surface area contributed by atoms with E-state index in [4.69, 9.17) is 9.84 Å². The molecule has 0 aromatic heterocycles. The van der Waals surface area contributed by atoms with Crippen LogP contribution < -0.4 is 16.0 Å². The fourth-order valence-corrected chi connectivity index (χ4v) is 6.66. The number of carbonyl (C=O) groups is 5. The molecule has 50 heavy (non-hydrogen) atoms. The summed E-state index contributed by atoms with van der Waals surface area (Å²) in [6.07, 6.45) is 0.480. The number of carbonyl (C=O) groups excluding carboxylic acids is 4. The molecule has 3 rings (SSSR count). The summed E-state index contributed by atoms with van der Waals surface area (Å²) in [5.41, 5.74) is -1.11. The van der Waals surface area contributed by atoms with Crippen molar-refractivity contribution in [1.29, 1.82) is 0 Å². The predicted octanol–water partition coefficient (Wildman–Crippen LogP) is 5.06. The quantitative estimate of drug-likeness (QED) is 0.175. The van der Waals surface area contributed by atoms with Crippen molar-refractivity contribution in [2.24, 2.45) is 23.7 Å². The molecule has 4 amide bonds. The van der Waals surface area contributed by atoms with Crippen molar-refractivity contribution in [3.8, 4) is 0 Å². The smallest absolute Gasteiger partial charge is 0.407 e. The minimum Gasteiger partial charge on any atom is -0.478 e. The summed E-state index contributed by atoms with van der Waals surface area (Å²) < 4.78 is 61.3. The maximum absolute atomic E-state index is 14.4. The Hall–Kier alpha value is -3.91. The molecule has 1 aliphatic carbocycles. The average Bonchev–Trinajstić information content (AvgIpc) is 3.52. The van der Waals surface area contributed by atoms with Crippen molar-refractivity contribution < 1.29 is 51.4 Å². The Bertz CT molecular complexity index is 1340. The number of likely N-dealkylation sites (tertiary alicyclic amines) is 1. The van der Waals surface area contributed by atoms with Crippen LogP contribution in [-0.4, -0.2) is 84.0 Å². The van der Waals surface area contributed by atoms with E-state index in [1.807, 2.05) is 20.8 Å². The molecule has 1 saturated carbocycles. The Morgan fingerprint density at radius 2 is 1.62 bits per heavy atom. The Kier molecular flexibility index (Phi) is 15.3. The number of alkyl halides is 2. The number of nitrogens with one attached hydrogen (secondary N) is 3. The highest BCUT2D eigenvalue weighted by Crippen LogP contribution is 2.38. The van der Waals surface area contributed by atoms with Crippen LogP contribution in [0.1, 0.15) is 95.0 Å². The van der Waals surface area contributed by atoms with Gasteiger partial charge in [-0.15, -0.1) is 0 Å². The molecule has 0 spiro atoms. The maximum atomic E-state index is 14.4. The lowest BCUT2D eigenvalue weighted by Gasteiger charge is -2.32. The summed E-state index contributed by atoms with van der Waals surface area (Å²) in [6, 6.07) is -2.59. The van der Waals surface area contributed by atoms with E-state index in [-0.39, 0.29) is 43.2 Å². The number of carboxylic acids is 1. The fourth-order valence-electron chi connectivity index (χ4n) is 6.66. The highest BCUT2D eigenvalue weighted by atomic mass is 19.3. The second-order valence-electron chi connectivity index (χ2n) is 13.9. The first-order valence-corrected chi connectivity index (χ1v) is 17.4. The van der Waals surface area contributed by atoms with Gasteiger partial charge in [0.05, 0.1) is 12.2 Å². The number of hydrogen-bond donors (Lipinski definition) is 4. The molecule has 2 fully saturated rings. The molecule has 1 saturated heterocycles. The molecule has 0 radical (unpaired) electrons. The van der Waals surface area contributed by atoms with Gasteiger partial charge in [-0.2, -0.15) is 0 Å². The molecule has 0 bridgehead atoms. The molecular weight excluding hydrogens is 664 g/mol. The van der Waals surface area contributed by atoms with Gasteiger partial charge in [0, 0.05) is 25.1 Å². The summed E-state index contributed by atoms with van der Waals surface area (Å²) in [5.74, 6) is -6.24. The van der Waals surface area contributed by atoms with Crippen molar-refractivity contribution in [2.75, 3.05) is 19.7 Å². The number of hydrogen-bond acceptors (Lipinski definition) is 6.